The van der Waals surface area contributed by atoms with Crippen LogP contribution >= 0.6 is 11.3 Å². The lowest BCUT2D eigenvalue weighted by Crippen LogP contribution is -2.46. The van der Waals surface area contributed by atoms with Gasteiger partial charge in [0.05, 0.1) is 22.2 Å². The molecule has 2 heterocycles. The van der Waals surface area contributed by atoms with Gasteiger partial charge in [-0.3, -0.25) is 14.4 Å². The van der Waals surface area contributed by atoms with Crippen LogP contribution in [0.2, 0.25) is 0 Å². The summed E-state index contributed by atoms with van der Waals surface area (Å²) in [6, 6.07) is 4.88. The molecule has 34 heavy (non-hydrogen) atoms. The molecule has 8 nitrogen and oxygen atoms in total. The zero-order valence-corrected chi connectivity index (χ0v) is 21.5. The van der Waals surface area contributed by atoms with E-state index in [0.29, 0.717) is 17.5 Å². The van der Waals surface area contributed by atoms with Crippen molar-refractivity contribution in [3.8, 4) is 10.4 Å². The summed E-state index contributed by atoms with van der Waals surface area (Å²) in [7, 11) is 3.38. The molecule has 0 bridgehead atoms. The van der Waals surface area contributed by atoms with Crippen molar-refractivity contribution in [2.45, 2.75) is 59.2 Å². The molecule has 0 spiro atoms. The fourth-order valence-corrected chi connectivity index (χ4v) is 4.89. The maximum atomic E-state index is 13.0. The SMILES string of the molecule is Cc1ncsc1-c1ccc(CNC(=O)[C@@H]2C[C@@H](O)CN2C(=O)CC(C)(C)C)c(C(=O)N(C)C)c1. The molecule has 1 aliphatic rings. The second-order valence-corrected chi connectivity index (χ2v) is 11.1. The van der Waals surface area contributed by atoms with Crippen molar-refractivity contribution in [2.24, 2.45) is 5.41 Å². The van der Waals surface area contributed by atoms with Crippen LogP contribution in [0.15, 0.2) is 23.7 Å². The third kappa shape index (κ3) is 6.01. The van der Waals surface area contributed by atoms with Crippen LogP contribution in [0.3, 0.4) is 0 Å². The minimum absolute atomic E-state index is 0.142. The molecule has 1 aromatic heterocycles. The Kier molecular flexibility index (Phi) is 7.77. The molecule has 0 radical (unpaired) electrons. The number of hydrogen-bond donors (Lipinski definition) is 2. The molecule has 0 saturated carbocycles. The second-order valence-electron chi connectivity index (χ2n) is 10.2. The fraction of sp³-hybridized carbons (Fsp3) is 0.520. The highest BCUT2D eigenvalue weighted by atomic mass is 32.1. The number of thiazole rings is 1. The van der Waals surface area contributed by atoms with E-state index in [1.165, 1.54) is 21.1 Å². The quantitative estimate of drug-likeness (QED) is 0.654. The molecule has 2 aromatic rings. The highest BCUT2D eigenvalue weighted by Gasteiger charge is 2.39. The highest BCUT2D eigenvalue weighted by Crippen LogP contribution is 2.30. The molecule has 3 rings (SSSR count). The van der Waals surface area contributed by atoms with Gasteiger partial charge in [0.2, 0.25) is 11.8 Å². The van der Waals surface area contributed by atoms with Gasteiger partial charge in [-0.2, -0.15) is 0 Å². The molecule has 1 saturated heterocycles. The minimum Gasteiger partial charge on any atom is -0.391 e. The summed E-state index contributed by atoms with van der Waals surface area (Å²) in [5, 5.41) is 13.0. The maximum absolute atomic E-state index is 13.0. The number of aromatic nitrogens is 1. The van der Waals surface area contributed by atoms with Gasteiger partial charge in [0.15, 0.2) is 0 Å². The van der Waals surface area contributed by atoms with Gasteiger partial charge in [-0.05, 0) is 29.5 Å². The van der Waals surface area contributed by atoms with Crippen molar-refractivity contribution >= 4 is 29.1 Å². The number of nitrogens with zero attached hydrogens (tertiary/aromatic N) is 3. The van der Waals surface area contributed by atoms with Crippen molar-refractivity contribution in [1.82, 2.24) is 20.1 Å². The summed E-state index contributed by atoms with van der Waals surface area (Å²) >= 11 is 1.51. The van der Waals surface area contributed by atoms with Crippen LogP contribution < -0.4 is 5.32 Å². The van der Waals surface area contributed by atoms with E-state index in [-0.39, 0.29) is 42.6 Å². The lowest BCUT2D eigenvalue weighted by atomic mass is 9.91. The smallest absolute Gasteiger partial charge is 0.253 e. The van der Waals surface area contributed by atoms with Crippen molar-refractivity contribution in [3.63, 3.8) is 0 Å². The van der Waals surface area contributed by atoms with Crippen LogP contribution in [-0.2, 0) is 16.1 Å². The van der Waals surface area contributed by atoms with Crippen LogP contribution in [0.1, 0.15) is 55.2 Å². The number of β-amino-alcohol motifs (C(OH)–C–C–N with tert-alkyl or cyclic N) is 1. The van der Waals surface area contributed by atoms with E-state index in [9.17, 15) is 19.5 Å². The van der Waals surface area contributed by atoms with Gasteiger partial charge in [0.1, 0.15) is 6.04 Å². The Morgan fingerprint density at radius 3 is 2.56 bits per heavy atom. The van der Waals surface area contributed by atoms with Crippen LogP contribution in [0, 0.1) is 12.3 Å². The van der Waals surface area contributed by atoms with Crippen LogP contribution in [0.25, 0.3) is 10.4 Å². The number of amides is 3. The molecule has 1 fully saturated rings. The number of nitrogens with one attached hydrogen (secondary N) is 1. The molecule has 2 atom stereocenters. The van der Waals surface area contributed by atoms with E-state index in [1.54, 1.807) is 19.6 Å². The topological polar surface area (TPSA) is 103 Å². The van der Waals surface area contributed by atoms with Gasteiger partial charge in [-0.1, -0.05) is 32.9 Å². The summed E-state index contributed by atoms with van der Waals surface area (Å²) < 4.78 is 0. The summed E-state index contributed by atoms with van der Waals surface area (Å²) in [6.45, 7) is 8.12. The largest absolute Gasteiger partial charge is 0.391 e. The van der Waals surface area contributed by atoms with Crippen molar-refractivity contribution in [2.75, 3.05) is 20.6 Å². The molecule has 184 valence electrons. The Morgan fingerprint density at radius 2 is 1.97 bits per heavy atom. The first-order valence-electron chi connectivity index (χ1n) is 11.4. The second kappa shape index (κ2) is 10.2. The lowest BCUT2D eigenvalue weighted by molar-refractivity contribution is -0.140. The number of carbonyl (C=O) groups is 3. The van der Waals surface area contributed by atoms with E-state index in [1.807, 2.05) is 45.9 Å². The van der Waals surface area contributed by atoms with Gasteiger partial charge < -0.3 is 20.2 Å². The van der Waals surface area contributed by atoms with Gasteiger partial charge in [-0.25, -0.2) is 4.98 Å². The number of rotatable bonds is 6. The molecule has 0 unspecified atom stereocenters. The van der Waals surface area contributed by atoms with Crippen molar-refractivity contribution < 1.29 is 19.5 Å². The molecule has 9 heteroatoms. The Hall–Kier alpha value is -2.78. The normalized spacial score (nSPS) is 18.1. The third-order valence-corrected chi connectivity index (χ3v) is 6.77. The van der Waals surface area contributed by atoms with E-state index in [2.05, 4.69) is 10.3 Å². The van der Waals surface area contributed by atoms with Gasteiger partial charge >= 0.3 is 0 Å². The number of benzene rings is 1. The molecule has 1 aliphatic heterocycles. The van der Waals surface area contributed by atoms with Crippen molar-refractivity contribution in [1.29, 1.82) is 0 Å². The summed E-state index contributed by atoms with van der Waals surface area (Å²) in [5.74, 6) is -0.632. The first kappa shape index (κ1) is 25.8. The zero-order chi connectivity index (χ0) is 25.2. The van der Waals surface area contributed by atoms with Gasteiger partial charge in [0.25, 0.3) is 5.91 Å². The van der Waals surface area contributed by atoms with E-state index in [4.69, 9.17) is 0 Å². The number of carbonyl (C=O) groups excluding carboxylic acids is 3. The minimum atomic E-state index is -0.729. The third-order valence-electron chi connectivity index (χ3n) is 5.79. The first-order valence-corrected chi connectivity index (χ1v) is 12.3. The Balaban J connectivity index is 1.79. The molecule has 3 amide bonds. The Labute approximate surface area is 205 Å². The number of aliphatic hydroxyl groups excluding tert-OH is 1. The predicted molar refractivity (Wildman–Crippen MR) is 132 cm³/mol. The molecule has 0 aliphatic carbocycles. The fourth-order valence-electron chi connectivity index (χ4n) is 4.08. The molecule has 2 N–H and O–H groups in total. The van der Waals surface area contributed by atoms with E-state index < -0.39 is 12.1 Å². The van der Waals surface area contributed by atoms with Crippen LogP contribution in [0.5, 0.6) is 0 Å². The van der Waals surface area contributed by atoms with Crippen molar-refractivity contribution in [3.05, 3.63) is 40.5 Å². The standard InChI is InChI=1S/C25H34N4O4S/c1-15-22(34-14-27-15)16-7-8-17(19(9-16)24(33)28(5)6)12-26-23(32)20-10-18(30)13-29(20)21(31)11-25(2,3)4/h7-9,14,18,20,30H,10-13H2,1-6H3,(H,26,32)/t18-,20+/m1/s1. The van der Waals surface area contributed by atoms with Gasteiger partial charge in [0, 0.05) is 45.6 Å². The predicted octanol–water partition coefficient (Wildman–Crippen LogP) is 2.83. The van der Waals surface area contributed by atoms with Crippen LogP contribution in [0.4, 0.5) is 0 Å². The molecular weight excluding hydrogens is 452 g/mol. The van der Waals surface area contributed by atoms with Gasteiger partial charge in [-0.15, -0.1) is 11.3 Å². The lowest BCUT2D eigenvalue weighted by Gasteiger charge is -2.27. The highest BCUT2D eigenvalue weighted by molar-refractivity contribution is 7.13. The monoisotopic (exact) mass is 486 g/mol. The molecular formula is C25H34N4O4S. The average molecular weight is 487 g/mol. The summed E-state index contributed by atoms with van der Waals surface area (Å²) in [5.41, 5.74) is 4.54. The first-order chi connectivity index (χ1) is 15.9. The number of likely N-dealkylation sites (tertiary alicyclic amines) is 1. The number of hydrogen-bond acceptors (Lipinski definition) is 6. The summed E-state index contributed by atoms with van der Waals surface area (Å²) in [4.78, 5) is 47.0. The zero-order valence-electron chi connectivity index (χ0n) is 20.7. The van der Waals surface area contributed by atoms with Crippen LogP contribution in [-0.4, -0.2) is 70.4 Å². The number of aryl methyl sites for hydroxylation is 1. The Morgan fingerprint density at radius 1 is 1.26 bits per heavy atom. The maximum Gasteiger partial charge on any atom is 0.253 e. The summed E-state index contributed by atoms with van der Waals surface area (Å²) in [6.07, 6.45) is -0.231. The average Bonchev–Trinajstić information content (AvgIpc) is 3.35. The van der Waals surface area contributed by atoms with E-state index >= 15 is 0 Å². The Bertz CT molecular complexity index is 1070. The van der Waals surface area contributed by atoms with E-state index in [0.717, 1.165) is 16.1 Å². The molecule has 1 aromatic carbocycles. The number of aliphatic hydroxyl groups is 1.